The maximum atomic E-state index is 12.3. The van der Waals surface area contributed by atoms with Gasteiger partial charge in [-0.1, -0.05) is 74.7 Å². The number of hydrogen-bond acceptors (Lipinski definition) is 1. The number of carbonyl (C=O) groups excluding carboxylic acids is 1. The fourth-order valence-electron chi connectivity index (χ4n) is 3.76. The summed E-state index contributed by atoms with van der Waals surface area (Å²) >= 11 is 0. The zero-order valence-corrected chi connectivity index (χ0v) is 15.1. The summed E-state index contributed by atoms with van der Waals surface area (Å²) in [6, 6.07) is 18.9. The van der Waals surface area contributed by atoms with Gasteiger partial charge in [-0.3, -0.25) is 0 Å². The molecule has 132 valence electrons. The highest BCUT2D eigenvalue weighted by Crippen LogP contribution is 2.37. The van der Waals surface area contributed by atoms with Crippen molar-refractivity contribution in [2.45, 2.75) is 32.6 Å². The molecule has 0 bridgehead atoms. The molecule has 2 N–H and O–H groups in total. The van der Waals surface area contributed by atoms with Gasteiger partial charge in [-0.05, 0) is 39.4 Å². The minimum Gasteiger partial charge on any atom is -0.338 e. The van der Waals surface area contributed by atoms with Gasteiger partial charge in [0.15, 0.2) is 0 Å². The van der Waals surface area contributed by atoms with Crippen molar-refractivity contribution in [3.8, 4) is 0 Å². The molecule has 26 heavy (non-hydrogen) atoms. The second-order valence-electron chi connectivity index (χ2n) is 6.91. The smallest absolute Gasteiger partial charge is 0.319 e. The number of rotatable bonds is 6. The lowest BCUT2D eigenvalue weighted by Gasteiger charge is -2.15. The van der Waals surface area contributed by atoms with E-state index in [0.29, 0.717) is 0 Å². The number of anilines is 1. The van der Waals surface area contributed by atoms with Crippen LogP contribution in [-0.4, -0.2) is 12.6 Å². The normalized spacial score (nSPS) is 11.4. The van der Waals surface area contributed by atoms with E-state index in [2.05, 4.69) is 66.1 Å². The molecule has 0 unspecified atom stereocenters. The fourth-order valence-corrected chi connectivity index (χ4v) is 3.76. The van der Waals surface area contributed by atoms with Gasteiger partial charge in [0.25, 0.3) is 0 Å². The Balaban J connectivity index is 1.63. The largest absolute Gasteiger partial charge is 0.338 e. The van der Waals surface area contributed by atoms with Gasteiger partial charge in [0.2, 0.25) is 0 Å². The molecule has 4 aromatic carbocycles. The van der Waals surface area contributed by atoms with E-state index in [1.807, 2.05) is 6.07 Å². The van der Waals surface area contributed by atoms with E-state index in [1.54, 1.807) is 0 Å². The average molecular weight is 344 g/mol. The Bertz CT molecular complexity index is 1040. The lowest BCUT2D eigenvalue weighted by atomic mass is 9.93. The summed E-state index contributed by atoms with van der Waals surface area (Å²) in [5, 5.41) is 13.3. The van der Waals surface area contributed by atoms with Gasteiger partial charge in [0.05, 0.1) is 5.69 Å². The van der Waals surface area contributed by atoms with Crippen molar-refractivity contribution in [3.05, 3.63) is 54.6 Å². The van der Waals surface area contributed by atoms with Crippen LogP contribution in [0.15, 0.2) is 54.6 Å². The highest BCUT2D eigenvalue weighted by molar-refractivity contribution is 6.25. The first-order valence-electron chi connectivity index (χ1n) is 9.49. The Labute approximate surface area is 153 Å². The van der Waals surface area contributed by atoms with Gasteiger partial charge < -0.3 is 10.6 Å². The molecule has 0 saturated heterocycles. The van der Waals surface area contributed by atoms with Crippen molar-refractivity contribution in [1.82, 2.24) is 5.32 Å². The standard InChI is InChI=1S/C23H24N2O/c1-2-3-4-5-15-24-23(26)25-20-14-12-18-10-9-16-7-6-8-17-11-13-19(20)22(18)21(16)17/h6-14H,2-5,15H2,1H3,(H2,24,25,26). The van der Waals surface area contributed by atoms with E-state index in [-0.39, 0.29) is 6.03 Å². The predicted octanol–water partition coefficient (Wildman–Crippen LogP) is 6.29. The lowest BCUT2D eigenvalue weighted by molar-refractivity contribution is 0.252. The topological polar surface area (TPSA) is 41.1 Å². The Morgan fingerprint density at radius 3 is 2.27 bits per heavy atom. The van der Waals surface area contributed by atoms with Crippen LogP contribution in [0.1, 0.15) is 32.6 Å². The van der Waals surface area contributed by atoms with Crippen LogP contribution in [0.5, 0.6) is 0 Å². The summed E-state index contributed by atoms with van der Waals surface area (Å²) in [6.45, 7) is 2.91. The summed E-state index contributed by atoms with van der Waals surface area (Å²) < 4.78 is 0. The number of unbranched alkanes of at least 4 members (excludes halogenated alkanes) is 3. The molecule has 2 amide bonds. The van der Waals surface area contributed by atoms with Crippen LogP contribution in [0.4, 0.5) is 10.5 Å². The Kier molecular flexibility index (Phi) is 4.61. The van der Waals surface area contributed by atoms with Crippen LogP contribution in [0.25, 0.3) is 32.3 Å². The maximum Gasteiger partial charge on any atom is 0.319 e. The van der Waals surface area contributed by atoms with Gasteiger partial charge >= 0.3 is 6.03 Å². The molecule has 0 spiro atoms. The quantitative estimate of drug-likeness (QED) is 0.313. The zero-order valence-electron chi connectivity index (χ0n) is 15.1. The van der Waals surface area contributed by atoms with E-state index in [4.69, 9.17) is 0 Å². The maximum absolute atomic E-state index is 12.3. The van der Waals surface area contributed by atoms with E-state index in [1.165, 1.54) is 39.8 Å². The molecule has 0 heterocycles. The number of nitrogens with one attached hydrogen (secondary N) is 2. The molecule has 3 nitrogen and oxygen atoms in total. The SMILES string of the molecule is CCCCCCNC(=O)Nc1ccc2ccc3cccc4ccc1c2c34. The predicted molar refractivity (Wildman–Crippen MR) is 111 cm³/mol. The molecule has 3 heteroatoms. The van der Waals surface area contributed by atoms with Gasteiger partial charge in [-0.2, -0.15) is 0 Å². The lowest BCUT2D eigenvalue weighted by Crippen LogP contribution is -2.29. The van der Waals surface area contributed by atoms with Gasteiger partial charge in [0.1, 0.15) is 0 Å². The monoisotopic (exact) mass is 344 g/mol. The minimum atomic E-state index is -0.128. The number of benzene rings is 4. The summed E-state index contributed by atoms with van der Waals surface area (Å²) in [5.41, 5.74) is 0.863. The minimum absolute atomic E-state index is 0.128. The number of urea groups is 1. The van der Waals surface area contributed by atoms with Gasteiger partial charge in [0, 0.05) is 11.9 Å². The van der Waals surface area contributed by atoms with Crippen LogP contribution < -0.4 is 10.6 Å². The number of hydrogen-bond donors (Lipinski definition) is 2. The van der Waals surface area contributed by atoms with E-state index in [9.17, 15) is 4.79 Å². The molecule has 0 aromatic heterocycles. The molecule has 0 radical (unpaired) electrons. The Morgan fingerprint density at radius 2 is 1.50 bits per heavy atom. The average Bonchev–Trinajstić information content (AvgIpc) is 2.67. The molecule has 0 saturated carbocycles. The first-order valence-corrected chi connectivity index (χ1v) is 9.49. The molecule has 4 aromatic rings. The van der Waals surface area contributed by atoms with Crippen LogP contribution in [-0.2, 0) is 0 Å². The molecular weight excluding hydrogens is 320 g/mol. The third-order valence-electron chi connectivity index (χ3n) is 5.09. The van der Waals surface area contributed by atoms with E-state index < -0.39 is 0 Å². The molecule has 0 aliphatic heterocycles. The second kappa shape index (κ2) is 7.20. The first kappa shape index (κ1) is 16.6. The summed E-state index contributed by atoms with van der Waals surface area (Å²) in [6.07, 6.45) is 4.61. The Morgan fingerprint density at radius 1 is 0.808 bits per heavy atom. The molecular formula is C23H24N2O. The molecule has 0 atom stereocenters. The highest BCUT2D eigenvalue weighted by Gasteiger charge is 2.11. The van der Waals surface area contributed by atoms with Crippen molar-refractivity contribution < 1.29 is 4.79 Å². The van der Waals surface area contributed by atoms with Gasteiger partial charge in [-0.25, -0.2) is 4.79 Å². The molecule has 0 fully saturated rings. The number of amides is 2. The first-order chi connectivity index (χ1) is 12.8. The molecule has 0 aliphatic carbocycles. The van der Waals surface area contributed by atoms with Crippen LogP contribution >= 0.6 is 0 Å². The van der Waals surface area contributed by atoms with Crippen molar-refractivity contribution in [2.75, 3.05) is 11.9 Å². The fraction of sp³-hybridized carbons (Fsp3) is 0.261. The summed E-state index contributed by atoms with van der Waals surface area (Å²) in [5.74, 6) is 0. The van der Waals surface area contributed by atoms with E-state index in [0.717, 1.165) is 30.5 Å². The van der Waals surface area contributed by atoms with E-state index >= 15 is 0 Å². The van der Waals surface area contributed by atoms with Crippen molar-refractivity contribution >= 4 is 44.0 Å². The van der Waals surface area contributed by atoms with Crippen molar-refractivity contribution in [3.63, 3.8) is 0 Å². The third-order valence-corrected chi connectivity index (χ3v) is 5.09. The van der Waals surface area contributed by atoms with Crippen molar-refractivity contribution in [1.29, 1.82) is 0 Å². The summed E-state index contributed by atoms with van der Waals surface area (Å²) in [4.78, 5) is 12.3. The Hall–Kier alpha value is -2.81. The molecule has 0 aliphatic rings. The zero-order chi connectivity index (χ0) is 17.9. The van der Waals surface area contributed by atoms with Crippen LogP contribution in [0.2, 0.25) is 0 Å². The highest BCUT2D eigenvalue weighted by atomic mass is 16.2. The van der Waals surface area contributed by atoms with Crippen LogP contribution in [0.3, 0.4) is 0 Å². The molecule has 4 rings (SSSR count). The third kappa shape index (κ3) is 3.05. The second-order valence-corrected chi connectivity index (χ2v) is 6.91. The number of carbonyl (C=O) groups is 1. The van der Waals surface area contributed by atoms with Crippen molar-refractivity contribution in [2.24, 2.45) is 0 Å². The van der Waals surface area contributed by atoms with Crippen LogP contribution in [0, 0.1) is 0 Å². The van der Waals surface area contributed by atoms with Gasteiger partial charge in [-0.15, -0.1) is 0 Å². The summed E-state index contributed by atoms with van der Waals surface area (Å²) in [7, 11) is 0.